The predicted molar refractivity (Wildman–Crippen MR) is 78.4 cm³/mol. The van der Waals surface area contributed by atoms with Crippen molar-refractivity contribution in [1.29, 1.82) is 0 Å². The molecule has 0 N–H and O–H groups in total. The lowest BCUT2D eigenvalue weighted by atomic mass is 10.1. The van der Waals surface area contributed by atoms with Crippen molar-refractivity contribution >= 4 is 17.7 Å². The van der Waals surface area contributed by atoms with E-state index in [9.17, 15) is 14.4 Å². The summed E-state index contributed by atoms with van der Waals surface area (Å²) in [5.74, 6) is -0.967. The number of hydrogen-bond acceptors (Lipinski definition) is 4. The quantitative estimate of drug-likeness (QED) is 0.779. The molecule has 0 saturated carbocycles. The molecule has 3 rings (SSSR count). The first-order chi connectivity index (χ1) is 10.6. The fourth-order valence-electron chi connectivity index (χ4n) is 2.96. The molecular formula is C16H18N2O4. The molecule has 3 amide bonds. The van der Waals surface area contributed by atoms with Crippen LogP contribution in [0.2, 0.25) is 0 Å². The van der Waals surface area contributed by atoms with Crippen LogP contribution in [0.1, 0.15) is 33.6 Å². The highest BCUT2D eigenvalue weighted by Crippen LogP contribution is 2.22. The maximum atomic E-state index is 12.3. The van der Waals surface area contributed by atoms with Gasteiger partial charge in [0.25, 0.3) is 11.8 Å². The van der Waals surface area contributed by atoms with E-state index in [-0.39, 0.29) is 30.4 Å². The molecule has 0 aromatic heterocycles. The Labute approximate surface area is 128 Å². The smallest absolute Gasteiger partial charge is 0.262 e. The van der Waals surface area contributed by atoms with Gasteiger partial charge in [-0.05, 0) is 25.0 Å². The van der Waals surface area contributed by atoms with E-state index in [0.29, 0.717) is 24.2 Å². The van der Waals surface area contributed by atoms with E-state index in [1.165, 1.54) is 0 Å². The summed E-state index contributed by atoms with van der Waals surface area (Å²) >= 11 is 0. The van der Waals surface area contributed by atoms with Crippen molar-refractivity contribution < 1.29 is 19.1 Å². The summed E-state index contributed by atoms with van der Waals surface area (Å²) in [6, 6.07) is 6.66. The van der Waals surface area contributed by atoms with Crippen LogP contribution in [0.15, 0.2) is 24.3 Å². The number of amides is 3. The largest absolute Gasteiger partial charge is 0.381 e. The topological polar surface area (TPSA) is 66.9 Å². The van der Waals surface area contributed by atoms with E-state index in [4.69, 9.17) is 4.74 Å². The van der Waals surface area contributed by atoms with Gasteiger partial charge in [0, 0.05) is 20.2 Å². The highest BCUT2D eigenvalue weighted by Gasteiger charge is 2.37. The molecule has 0 unspecified atom stereocenters. The number of piperidine rings is 1. The molecule has 1 fully saturated rings. The Hall–Kier alpha value is -2.21. The third-order valence-corrected chi connectivity index (χ3v) is 4.30. The number of nitrogens with zero attached hydrogens (tertiary/aromatic N) is 2. The third-order valence-electron chi connectivity index (χ3n) is 4.30. The number of carbonyl (C=O) groups excluding carboxylic acids is 3. The summed E-state index contributed by atoms with van der Waals surface area (Å²) in [4.78, 5) is 39.5. The number of imide groups is 1. The standard InChI is InChI=1S/C16H18N2O4/c1-22-11-6-8-17(9-7-11)14(19)10-18-15(20)12-4-2-3-5-13(12)16(18)21/h2-5,11H,6-10H2,1H3. The lowest BCUT2D eigenvalue weighted by Gasteiger charge is -2.32. The molecule has 6 heteroatoms. The molecule has 6 nitrogen and oxygen atoms in total. The fourth-order valence-corrected chi connectivity index (χ4v) is 2.96. The van der Waals surface area contributed by atoms with E-state index < -0.39 is 0 Å². The van der Waals surface area contributed by atoms with Gasteiger partial charge in [-0.1, -0.05) is 12.1 Å². The summed E-state index contributed by atoms with van der Waals surface area (Å²) in [6.45, 7) is 1.00. The molecule has 2 aliphatic rings. The first-order valence-corrected chi connectivity index (χ1v) is 7.37. The predicted octanol–water partition coefficient (Wildman–Crippen LogP) is 0.920. The van der Waals surface area contributed by atoms with Crippen LogP contribution in [0.4, 0.5) is 0 Å². The number of ether oxygens (including phenoxy) is 1. The maximum absolute atomic E-state index is 12.3. The Bertz CT molecular complexity index is 585. The molecule has 116 valence electrons. The second kappa shape index (κ2) is 5.88. The van der Waals surface area contributed by atoms with E-state index in [1.807, 2.05) is 0 Å². The zero-order valence-corrected chi connectivity index (χ0v) is 12.4. The van der Waals surface area contributed by atoms with Crippen molar-refractivity contribution in [2.45, 2.75) is 18.9 Å². The summed E-state index contributed by atoms with van der Waals surface area (Å²) in [5.41, 5.74) is 0.747. The summed E-state index contributed by atoms with van der Waals surface area (Å²) in [5, 5.41) is 0. The van der Waals surface area contributed by atoms with Crippen LogP contribution in [0, 0.1) is 0 Å². The van der Waals surface area contributed by atoms with Gasteiger partial charge in [-0.2, -0.15) is 0 Å². The summed E-state index contributed by atoms with van der Waals surface area (Å²) < 4.78 is 5.27. The minimum Gasteiger partial charge on any atom is -0.381 e. The van der Waals surface area contributed by atoms with Gasteiger partial charge < -0.3 is 9.64 Å². The van der Waals surface area contributed by atoms with Crippen LogP contribution in [0.3, 0.4) is 0 Å². The molecule has 1 saturated heterocycles. The fraction of sp³-hybridized carbons (Fsp3) is 0.438. The van der Waals surface area contributed by atoms with Crippen LogP contribution in [-0.4, -0.2) is 60.4 Å². The number of benzene rings is 1. The highest BCUT2D eigenvalue weighted by molar-refractivity contribution is 6.22. The molecular weight excluding hydrogens is 284 g/mol. The Kier molecular flexibility index (Phi) is 3.94. The van der Waals surface area contributed by atoms with Crippen molar-refractivity contribution in [3.8, 4) is 0 Å². The molecule has 0 spiro atoms. The Morgan fingerprint density at radius 2 is 1.68 bits per heavy atom. The van der Waals surface area contributed by atoms with Crippen molar-refractivity contribution in [1.82, 2.24) is 9.80 Å². The Balaban J connectivity index is 1.66. The average molecular weight is 302 g/mol. The Morgan fingerprint density at radius 3 is 2.18 bits per heavy atom. The van der Waals surface area contributed by atoms with E-state index >= 15 is 0 Å². The second-order valence-corrected chi connectivity index (χ2v) is 5.56. The number of fused-ring (bicyclic) bond motifs is 1. The first kappa shape index (κ1) is 14.7. The van der Waals surface area contributed by atoms with Crippen molar-refractivity contribution in [2.24, 2.45) is 0 Å². The average Bonchev–Trinajstić information content (AvgIpc) is 2.80. The van der Waals surface area contributed by atoms with Crippen molar-refractivity contribution in [3.63, 3.8) is 0 Å². The van der Waals surface area contributed by atoms with Gasteiger partial charge in [0.2, 0.25) is 5.91 Å². The molecule has 22 heavy (non-hydrogen) atoms. The number of hydrogen-bond donors (Lipinski definition) is 0. The minimum atomic E-state index is -0.388. The number of likely N-dealkylation sites (tertiary alicyclic amines) is 1. The van der Waals surface area contributed by atoms with Gasteiger partial charge in [-0.25, -0.2) is 0 Å². The van der Waals surface area contributed by atoms with Crippen LogP contribution in [0.25, 0.3) is 0 Å². The van der Waals surface area contributed by atoms with Crippen LogP contribution >= 0.6 is 0 Å². The van der Waals surface area contributed by atoms with Crippen molar-refractivity contribution in [2.75, 3.05) is 26.7 Å². The van der Waals surface area contributed by atoms with E-state index in [0.717, 1.165) is 17.7 Å². The van der Waals surface area contributed by atoms with E-state index in [2.05, 4.69) is 0 Å². The minimum absolute atomic E-state index is 0.184. The highest BCUT2D eigenvalue weighted by atomic mass is 16.5. The van der Waals surface area contributed by atoms with Gasteiger partial charge in [-0.15, -0.1) is 0 Å². The second-order valence-electron chi connectivity index (χ2n) is 5.56. The van der Waals surface area contributed by atoms with Crippen LogP contribution in [-0.2, 0) is 9.53 Å². The Morgan fingerprint density at radius 1 is 1.14 bits per heavy atom. The normalized spacial score (nSPS) is 18.8. The van der Waals surface area contributed by atoms with Gasteiger partial charge in [0.05, 0.1) is 17.2 Å². The van der Waals surface area contributed by atoms with Crippen LogP contribution < -0.4 is 0 Å². The molecule has 0 aliphatic carbocycles. The van der Waals surface area contributed by atoms with Gasteiger partial charge in [-0.3, -0.25) is 19.3 Å². The molecule has 1 aromatic rings. The molecule has 2 aliphatic heterocycles. The zero-order chi connectivity index (χ0) is 15.7. The third kappa shape index (κ3) is 2.50. The molecule has 2 heterocycles. The number of rotatable bonds is 3. The van der Waals surface area contributed by atoms with Crippen LogP contribution in [0.5, 0.6) is 0 Å². The maximum Gasteiger partial charge on any atom is 0.262 e. The first-order valence-electron chi connectivity index (χ1n) is 7.37. The summed E-state index contributed by atoms with van der Waals surface area (Å²) in [6.07, 6.45) is 1.75. The number of methoxy groups -OCH3 is 1. The zero-order valence-electron chi connectivity index (χ0n) is 12.4. The van der Waals surface area contributed by atoms with E-state index in [1.54, 1.807) is 36.3 Å². The van der Waals surface area contributed by atoms with Gasteiger partial charge in [0.15, 0.2) is 0 Å². The molecule has 0 atom stereocenters. The monoisotopic (exact) mass is 302 g/mol. The van der Waals surface area contributed by atoms with Gasteiger partial charge in [0.1, 0.15) is 6.54 Å². The lowest BCUT2D eigenvalue weighted by molar-refractivity contribution is -0.133. The number of carbonyl (C=O) groups is 3. The molecule has 0 bridgehead atoms. The lowest BCUT2D eigenvalue weighted by Crippen LogP contribution is -2.46. The molecule has 0 radical (unpaired) electrons. The molecule has 1 aromatic carbocycles. The van der Waals surface area contributed by atoms with Gasteiger partial charge >= 0.3 is 0 Å². The summed E-state index contributed by atoms with van der Waals surface area (Å²) in [7, 11) is 1.67. The SMILES string of the molecule is COC1CCN(C(=O)CN2C(=O)c3ccccc3C2=O)CC1. The van der Waals surface area contributed by atoms with Crippen molar-refractivity contribution in [3.05, 3.63) is 35.4 Å².